The van der Waals surface area contributed by atoms with E-state index in [-0.39, 0.29) is 0 Å². The molecule has 1 aliphatic heterocycles. The molecule has 4 saturated carbocycles. The molecule has 5 aliphatic rings. The third kappa shape index (κ3) is 2.24. The third-order valence-electron chi connectivity index (χ3n) is 6.12. The van der Waals surface area contributed by atoms with Gasteiger partial charge in [0.05, 0.1) is 0 Å². The van der Waals surface area contributed by atoms with Crippen LogP contribution in [-0.4, -0.2) is 24.1 Å². The first kappa shape index (κ1) is 12.1. The molecule has 1 N–H and O–H groups in total. The number of hydrogen-bond donors (Lipinski definition) is 1. The molecule has 4 bridgehead atoms. The monoisotopic (exact) mass is 265 g/mol. The van der Waals surface area contributed by atoms with E-state index in [0.29, 0.717) is 0 Å². The van der Waals surface area contributed by atoms with Gasteiger partial charge in [0.25, 0.3) is 0 Å². The van der Waals surface area contributed by atoms with Gasteiger partial charge in [0.1, 0.15) is 0 Å². The first-order valence-corrected chi connectivity index (χ1v) is 9.35. The molecule has 18 heavy (non-hydrogen) atoms. The van der Waals surface area contributed by atoms with Gasteiger partial charge in [0.15, 0.2) is 0 Å². The smallest absolute Gasteiger partial charge is 0.0124 e. The molecule has 1 heterocycles. The second-order valence-corrected chi connectivity index (χ2v) is 8.60. The zero-order valence-corrected chi connectivity index (χ0v) is 12.3. The Morgan fingerprint density at radius 3 is 2.28 bits per heavy atom. The lowest BCUT2D eigenvalue weighted by atomic mass is 9.54. The summed E-state index contributed by atoms with van der Waals surface area (Å²) in [6.07, 6.45) is 10.8. The Balaban J connectivity index is 1.34. The van der Waals surface area contributed by atoms with Crippen molar-refractivity contribution in [2.45, 2.75) is 51.0 Å². The van der Waals surface area contributed by atoms with Gasteiger partial charge in [-0.05, 0) is 92.6 Å². The van der Waals surface area contributed by atoms with Crippen molar-refractivity contribution in [3.8, 4) is 0 Å². The molecule has 5 rings (SSSR count). The second kappa shape index (κ2) is 5.01. The Bertz CT molecular complexity index is 269. The highest BCUT2D eigenvalue weighted by atomic mass is 32.2. The number of thioether (sulfide) groups is 1. The summed E-state index contributed by atoms with van der Waals surface area (Å²) >= 11 is 2.18. The van der Waals surface area contributed by atoms with Crippen LogP contribution >= 0.6 is 11.8 Å². The van der Waals surface area contributed by atoms with Crippen molar-refractivity contribution in [2.24, 2.45) is 29.6 Å². The molecule has 0 spiro atoms. The highest BCUT2D eigenvalue weighted by molar-refractivity contribution is 7.99. The predicted molar refractivity (Wildman–Crippen MR) is 78.9 cm³/mol. The number of nitrogens with one attached hydrogen (secondary N) is 1. The SMILES string of the molecule is C1CSCC(CNC2C3CC4CC(C3)CC2C4)C1. The van der Waals surface area contributed by atoms with Crippen molar-refractivity contribution in [3.63, 3.8) is 0 Å². The molecule has 0 aromatic rings. The van der Waals surface area contributed by atoms with E-state index in [4.69, 9.17) is 0 Å². The standard InChI is InChI=1S/C16H27NS/c1-2-11(10-18-3-1)9-17-16-14-5-12-4-13(7-14)8-15(16)6-12/h11-17H,1-10H2. The summed E-state index contributed by atoms with van der Waals surface area (Å²) in [5.41, 5.74) is 0. The van der Waals surface area contributed by atoms with E-state index >= 15 is 0 Å². The van der Waals surface area contributed by atoms with E-state index in [2.05, 4.69) is 17.1 Å². The van der Waals surface area contributed by atoms with Crippen molar-refractivity contribution < 1.29 is 0 Å². The van der Waals surface area contributed by atoms with Crippen LogP contribution in [0.15, 0.2) is 0 Å². The van der Waals surface area contributed by atoms with Crippen LogP contribution in [0.1, 0.15) is 44.9 Å². The van der Waals surface area contributed by atoms with Crippen LogP contribution in [-0.2, 0) is 0 Å². The average molecular weight is 265 g/mol. The molecule has 0 aromatic carbocycles. The van der Waals surface area contributed by atoms with Crippen molar-refractivity contribution in [3.05, 3.63) is 0 Å². The van der Waals surface area contributed by atoms with Gasteiger partial charge in [-0.1, -0.05) is 0 Å². The van der Waals surface area contributed by atoms with Crippen LogP contribution in [0.5, 0.6) is 0 Å². The maximum absolute atomic E-state index is 4.02. The van der Waals surface area contributed by atoms with Gasteiger partial charge in [-0.25, -0.2) is 0 Å². The minimum Gasteiger partial charge on any atom is -0.313 e. The van der Waals surface area contributed by atoms with Gasteiger partial charge in [0.2, 0.25) is 0 Å². The van der Waals surface area contributed by atoms with Gasteiger partial charge in [-0.15, -0.1) is 0 Å². The highest BCUT2D eigenvalue weighted by Crippen LogP contribution is 2.53. The van der Waals surface area contributed by atoms with Gasteiger partial charge >= 0.3 is 0 Å². The van der Waals surface area contributed by atoms with Crippen LogP contribution in [0.3, 0.4) is 0 Å². The summed E-state index contributed by atoms with van der Waals surface area (Å²) in [6.45, 7) is 1.32. The minimum atomic E-state index is 0.907. The first-order valence-electron chi connectivity index (χ1n) is 8.19. The Morgan fingerprint density at radius 1 is 0.944 bits per heavy atom. The topological polar surface area (TPSA) is 12.0 Å². The molecule has 1 unspecified atom stereocenters. The van der Waals surface area contributed by atoms with E-state index in [0.717, 1.165) is 35.6 Å². The summed E-state index contributed by atoms with van der Waals surface area (Å²) in [6, 6.07) is 0.907. The molecule has 5 fully saturated rings. The predicted octanol–water partition coefficient (Wildman–Crippen LogP) is 3.54. The molecule has 0 amide bonds. The average Bonchev–Trinajstić information content (AvgIpc) is 2.38. The molecule has 4 aliphatic carbocycles. The zero-order chi connectivity index (χ0) is 11.9. The Morgan fingerprint density at radius 2 is 1.67 bits per heavy atom. The zero-order valence-electron chi connectivity index (χ0n) is 11.4. The van der Waals surface area contributed by atoms with Crippen LogP contribution < -0.4 is 5.32 Å². The summed E-state index contributed by atoms with van der Waals surface area (Å²) in [5, 5.41) is 4.02. The molecule has 0 radical (unpaired) electrons. The van der Waals surface area contributed by atoms with Crippen molar-refractivity contribution in [1.82, 2.24) is 5.32 Å². The molecule has 0 aromatic heterocycles. The van der Waals surface area contributed by atoms with Gasteiger partial charge in [0, 0.05) is 6.04 Å². The van der Waals surface area contributed by atoms with Crippen molar-refractivity contribution >= 4 is 11.8 Å². The largest absolute Gasteiger partial charge is 0.313 e. The van der Waals surface area contributed by atoms with Crippen LogP contribution in [0.4, 0.5) is 0 Å². The third-order valence-corrected chi connectivity index (χ3v) is 7.41. The van der Waals surface area contributed by atoms with Crippen molar-refractivity contribution in [1.29, 1.82) is 0 Å². The molecule has 1 atom stereocenters. The van der Waals surface area contributed by atoms with E-state index in [1.807, 2.05) is 0 Å². The molecular formula is C16H27NS. The Labute approximate surface area is 116 Å². The quantitative estimate of drug-likeness (QED) is 0.837. The lowest BCUT2D eigenvalue weighted by Gasteiger charge is -2.54. The fourth-order valence-corrected chi connectivity index (χ4v) is 6.68. The molecule has 2 heteroatoms. The maximum Gasteiger partial charge on any atom is 0.0124 e. The van der Waals surface area contributed by atoms with Crippen LogP contribution in [0, 0.1) is 29.6 Å². The lowest BCUT2D eigenvalue weighted by molar-refractivity contribution is -0.0146. The van der Waals surface area contributed by atoms with Crippen LogP contribution in [0.2, 0.25) is 0 Å². The summed E-state index contributed by atoms with van der Waals surface area (Å²) in [7, 11) is 0. The number of hydrogen-bond acceptors (Lipinski definition) is 2. The summed E-state index contributed by atoms with van der Waals surface area (Å²) < 4.78 is 0. The lowest BCUT2D eigenvalue weighted by Crippen LogP contribution is -2.55. The normalized spacial score (nSPS) is 50.7. The van der Waals surface area contributed by atoms with Crippen molar-refractivity contribution in [2.75, 3.05) is 18.1 Å². The molecule has 1 saturated heterocycles. The second-order valence-electron chi connectivity index (χ2n) is 7.45. The summed E-state index contributed by atoms with van der Waals surface area (Å²) in [5.74, 6) is 8.15. The van der Waals surface area contributed by atoms with E-state index < -0.39 is 0 Å². The van der Waals surface area contributed by atoms with Gasteiger partial charge < -0.3 is 5.32 Å². The molecule has 102 valence electrons. The fraction of sp³-hybridized carbons (Fsp3) is 1.00. The van der Waals surface area contributed by atoms with E-state index in [1.54, 1.807) is 32.1 Å². The van der Waals surface area contributed by atoms with Gasteiger partial charge in [-0.2, -0.15) is 11.8 Å². The van der Waals surface area contributed by atoms with E-state index in [1.165, 1.54) is 30.9 Å². The molecule has 1 nitrogen and oxygen atoms in total. The highest BCUT2D eigenvalue weighted by Gasteiger charge is 2.47. The Hall–Kier alpha value is 0.310. The maximum atomic E-state index is 4.02. The van der Waals surface area contributed by atoms with Gasteiger partial charge in [-0.3, -0.25) is 0 Å². The minimum absolute atomic E-state index is 0.907. The Kier molecular flexibility index (Phi) is 3.36. The number of rotatable bonds is 3. The summed E-state index contributed by atoms with van der Waals surface area (Å²) in [4.78, 5) is 0. The molecular weight excluding hydrogens is 238 g/mol. The van der Waals surface area contributed by atoms with Crippen LogP contribution in [0.25, 0.3) is 0 Å². The fourth-order valence-electron chi connectivity index (χ4n) is 5.53. The van der Waals surface area contributed by atoms with E-state index in [9.17, 15) is 0 Å². The first-order chi connectivity index (χ1) is 8.88.